The van der Waals surface area contributed by atoms with E-state index in [1.165, 1.54) is 5.56 Å². The van der Waals surface area contributed by atoms with Gasteiger partial charge in [0, 0.05) is 30.6 Å². The topological polar surface area (TPSA) is 73.3 Å². The van der Waals surface area contributed by atoms with Gasteiger partial charge < -0.3 is 29.6 Å². The summed E-state index contributed by atoms with van der Waals surface area (Å²) in [6.07, 6.45) is 1.11. The van der Waals surface area contributed by atoms with Gasteiger partial charge in [0.1, 0.15) is 17.6 Å². The summed E-state index contributed by atoms with van der Waals surface area (Å²) in [6, 6.07) is 9.94. The van der Waals surface area contributed by atoms with E-state index in [4.69, 9.17) is 23.9 Å². The second-order valence-electron chi connectivity index (χ2n) is 7.14. The first-order chi connectivity index (χ1) is 14.6. The Kier molecular flexibility index (Phi) is 9.54. The van der Waals surface area contributed by atoms with Gasteiger partial charge in [0.05, 0.1) is 27.9 Å². The zero-order valence-electron chi connectivity index (χ0n) is 18.8. The summed E-state index contributed by atoms with van der Waals surface area (Å²) < 4.78 is 22.2. The molecular weight excluding hydrogens is 509 g/mol. The quantitative estimate of drug-likeness (QED) is 0.300. The molecule has 0 amide bonds. The Balaban J connectivity index is 0.00000341. The SMILES string of the molecule is CCNC(=NCc1ccc(OC)c(OC)c1)NCc1cc2c(cc1OC)CC(C)O2.I. The van der Waals surface area contributed by atoms with Gasteiger partial charge in [0.2, 0.25) is 0 Å². The van der Waals surface area contributed by atoms with Gasteiger partial charge in [-0.1, -0.05) is 6.07 Å². The molecule has 0 spiro atoms. The molecule has 2 aromatic carbocycles. The molecule has 31 heavy (non-hydrogen) atoms. The van der Waals surface area contributed by atoms with E-state index in [0.717, 1.165) is 41.6 Å². The highest BCUT2D eigenvalue weighted by Crippen LogP contribution is 2.35. The largest absolute Gasteiger partial charge is 0.496 e. The number of hydrogen-bond acceptors (Lipinski definition) is 5. The van der Waals surface area contributed by atoms with Crippen LogP contribution in [0.15, 0.2) is 35.3 Å². The normalized spacial score (nSPS) is 14.7. The summed E-state index contributed by atoms with van der Waals surface area (Å²) >= 11 is 0. The molecule has 0 bridgehead atoms. The fourth-order valence-corrected chi connectivity index (χ4v) is 3.48. The molecule has 8 heteroatoms. The zero-order chi connectivity index (χ0) is 21.5. The monoisotopic (exact) mass is 541 g/mol. The molecular formula is C23H32IN3O4. The van der Waals surface area contributed by atoms with E-state index < -0.39 is 0 Å². The van der Waals surface area contributed by atoms with Crippen molar-refractivity contribution >= 4 is 29.9 Å². The Labute approximate surface area is 201 Å². The maximum Gasteiger partial charge on any atom is 0.191 e. The van der Waals surface area contributed by atoms with Crippen molar-refractivity contribution in [1.29, 1.82) is 0 Å². The summed E-state index contributed by atoms with van der Waals surface area (Å²) in [5.74, 6) is 3.92. The van der Waals surface area contributed by atoms with Crippen LogP contribution in [0.2, 0.25) is 0 Å². The van der Waals surface area contributed by atoms with Crippen molar-refractivity contribution in [2.45, 2.75) is 39.5 Å². The van der Waals surface area contributed by atoms with E-state index in [2.05, 4.69) is 29.7 Å². The van der Waals surface area contributed by atoms with Crippen LogP contribution in [-0.4, -0.2) is 39.9 Å². The second-order valence-corrected chi connectivity index (χ2v) is 7.14. The second kappa shape index (κ2) is 11.9. The van der Waals surface area contributed by atoms with Gasteiger partial charge >= 0.3 is 0 Å². The average molecular weight is 541 g/mol. The molecule has 1 aliphatic heterocycles. The van der Waals surface area contributed by atoms with Crippen LogP contribution in [0.1, 0.15) is 30.5 Å². The van der Waals surface area contributed by atoms with Gasteiger partial charge in [-0.2, -0.15) is 0 Å². The van der Waals surface area contributed by atoms with Crippen molar-refractivity contribution in [2.24, 2.45) is 4.99 Å². The van der Waals surface area contributed by atoms with E-state index in [1.807, 2.05) is 25.1 Å². The van der Waals surface area contributed by atoms with Crippen molar-refractivity contribution in [3.8, 4) is 23.0 Å². The highest BCUT2D eigenvalue weighted by Gasteiger charge is 2.21. The predicted molar refractivity (Wildman–Crippen MR) is 133 cm³/mol. The molecule has 0 saturated carbocycles. The first kappa shape index (κ1) is 24.9. The van der Waals surface area contributed by atoms with E-state index in [9.17, 15) is 0 Å². The molecule has 7 nitrogen and oxygen atoms in total. The van der Waals surface area contributed by atoms with Crippen LogP contribution in [0.25, 0.3) is 0 Å². The van der Waals surface area contributed by atoms with Gasteiger partial charge in [-0.05, 0) is 43.7 Å². The van der Waals surface area contributed by atoms with Crippen LogP contribution in [0.3, 0.4) is 0 Å². The fourth-order valence-electron chi connectivity index (χ4n) is 3.48. The summed E-state index contributed by atoms with van der Waals surface area (Å²) in [6.45, 7) is 5.97. The third kappa shape index (κ3) is 6.32. The molecule has 2 aromatic rings. The minimum absolute atomic E-state index is 0. The first-order valence-corrected chi connectivity index (χ1v) is 10.2. The number of halogens is 1. The number of benzene rings is 2. The maximum atomic E-state index is 5.90. The van der Waals surface area contributed by atoms with Crippen molar-refractivity contribution in [3.63, 3.8) is 0 Å². The number of nitrogens with zero attached hydrogens (tertiary/aromatic N) is 1. The molecule has 1 heterocycles. The molecule has 0 aliphatic carbocycles. The highest BCUT2D eigenvalue weighted by molar-refractivity contribution is 14.0. The number of guanidine groups is 1. The summed E-state index contributed by atoms with van der Waals surface area (Å²) in [7, 11) is 4.95. The highest BCUT2D eigenvalue weighted by atomic mass is 127. The van der Waals surface area contributed by atoms with Gasteiger partial charge in [-0.3, -0.25) is 0 Å². The van der Waals surface area contributed by atoms with Crippen LogP contribution in [0, 0.1) is 0 Å². The number of rotatable bonds is 8. The van der Waals surface area contributed by atoms with E-state index in [0.29, 0.717) is 24.6 Å². The number of aliphatic imine (C=N–C) groups is 1. The van der Waals surface area contributed by atoms with E-state index in [-0.39, 0.29) is 30.1 Å². The van der Waals surface area contributed by atoms with Crippen molar-refractivity contribution in [3.05, 3.63) is 47.0 Å². The molecule has 0 fully saturated rings. The summed E-state index contributed by atoms with van der Waals surface area (Å²) in [5, 5.41) is 6.66. The molecule has 0 saturated heterocycles. The molecule has 1 aliphatic rings. The van der Waals surface area contributed by atoms with Crippen molar-refractivity contribution in [2.75, 3.05) is 27.9 Å². The Morgan fingerprint density at radius 2 is 1.77 bits per heavy atom. The number of ether oxygens (including phenoxy) is 4. The van der Waals surface area contributed by atoms with Crippen molar-refractivity contribution in [1.82, 2.24) is 10.6 Å². The predicted octanol–water partition coefficient (Wildman–Crippen LogP) is 3.91. The average Bonchev–Trinajstić information content (AvgIpc) is 3.13. The van der Waals surface area contributed by atoms with Gasteiger partial charge in [0.15, 0.2) is 17.5 Å². The molecule has 0 aromatic heterocycles. The minimum atomic E-state index is 0. The lowest BCUT2D eigenvalue weighted by molar-refractivity contribution is 0.254. The summed E-state index contributed by atoms with van der Waals surface area (Å²) in [5.41, 5.74) is 3.25. The van der Waals surface area contributed by atoms with Crippen LogP contribution < -0.4 is 29.6 Å². The van der Waals surface area contributed by atoms with Crippen LogP contribution in [0.4, 0.5) is 0 Å². The minimum Gasteiger partial charge on any atom is -0.496 e. The maximum absolute atomic E-state index is 5.90. The van der Waals surface area contributed by atoms with Crippen LogP contribution in [0.5, 0.6) is 23.0 Å². The molecule has 0 radical (unpaired) electrons. The standard InChI is InChI=1S/C23H31N3O4.HI/c1-6-24-23(25-13-16-7-8-19(27-3)22(10-16)29-5)26-14-18-12-21-17(9-15(2)30-21)11-20(18)28-4;/h7-8,10-12,15H,6,9,13-14H2,1-5H3,(H2,24,25,26);1H. The van der Waals surface area contributed by atoms with Crippen LogP contribution >= 0.6 is 24.0 Å². The lowest BCUT2D eigenvalue weighted by Crippen LogP contribution is -2.36. The van der Waals surface area contributed by atoms with E-state index >= 15 is 0 Å². The van der Waals surface area contributed by atoms with Crippen LogP contribution in [-0.2, 0) is 19.5 Å². The Bertz CT molecular complexity index is 905. The Morgan fingerprint density at radius 1 is 1.03 bits per heavy atom. The van der Waals surface area contributed by atoms with Gasteiger partial charge in [-0.25, -0.2) is 4.99 Å². The van der Waals surface area contributed by atoms with Crippen molar-refractivity contribution < 1.29 is 18.9 Å². The molecule has 2 N–H and O–H groups in total. The molecule has 3 rings (SSSR count). The Hall–Kier alpha value is -2.36. The number of methoxy groups -OCH3 is 3. The van der Waals surface area contributed by atoms with Gasteiger partial charge in [-0.15, -0.1) is 24.0 Å². The number of nitrogens with one attached hydrogen (secondary N) is 2. The van der Waals surface area contributed by atoms with E-state index in [1.54, 1.807) is 21.3 Å². The fraction of sp³-hybridized carbons (Fsp3) is 0.435. The summed E-state index contributed by atoms with van der Waals surface area (Å²) in [4.78, 5) is 4.70. The Morgan fingerprint density at radius 3 is 2.45 bits per heavy atom. The molecule has 170 valence electrons. The smallest absolute Gasteiger partial charge is 0.191 e. The third-order valence-corrected chi connectivity index (χ3v) is 4.96. The lowest BCUT2D eigenvalue weighted by atomic mass is 10.1. The zero-order valence-corrected chi connectivity index (χ0v) is 21.1. The number of fused-ring (bicyclic) bond motifs is 1. The molecule has 1 atom stereocenters. The van der Waals surface area contributed by atoms with Gasteiger partial charge in [0.25, 0.3) is 0 Å². The lowest BCUT2D eigenvalue weighted by Gasteiger charge is -2.15. The number of hydrogen-bond donors (Lipinski definition) is 2. The third-order valence-electron chi connectivity index (χ3n) is 4.96. The first-order valence-electron chi connectivity index (χ1n) is 10.2. The molecule has 1 unspecified atom stereocenters.